The summed E-state index contributed by atoms with van der Waals surface area (Å²) in [5.41, 5.74) is 0. The maximum absolute atomic E-state index is 10.9. The summed E-state index contributed by atoms with van der Waals surface area (Å²) in [4.78, 5) is 21.1. The average molecular weight is 264 g/mol. The van der Waals surface area contributed by atoms with E-state index in [4.69, 9.17) is 5.11 Å². The molecule has 0 unspecified atom stereocenters. The number of anilines is 1. The molecule has 1 aromatic rings. The third kappa shape index (κ3) is 3.56. The number of halogens is 1. The lowest BCUT2D eigenvalue weighted by molar-refractivity contribution is -0.139. The van der Waals surface area contributed by atoms with Gasteiger partial charge in [0.1, 0.15) is 6.42 Å². The number of carboxylic acids is 1. The number of hydrogen-bond donors (Lipinski definition) is 2. The molecule has 1 rings (SSSR count). The van der Waals surface area contributed by atoms with Gasteiger partial charge in [0.2, 0.25) is 5.91 Å². The predicted molar refractivity (Wildman–Crippen MR) is 52.9 cm³/mol. The van der Waals surface area contributed by atoms with Gasteiger partial charge in [-0.05, 0) is 22.0 Å². The van der Waals surface area contributed by atoms with Gasteiger partial charge >= 0.3 is 5.97 Å². The monoisotopic (exact) mass is 263 g/mol. The zero-order chi connectivity index (χ0) is 9.84. The summed E-state index contributed by atoms with van der Waals surface area (Å²) in [5, 5.41) is 13.2. The van der Waals surface area contributed by atoms with Crippen LogP contribution in [-0.2, 0) is 9.59 Å². The molecule has 0 bridgehead atoms. The number of thiophene rings is 1. The van der Waals surface area contributed by atoms with E-state index in [0.717, 1.165) is 4.47 Å². The summed E-state index contributed by atoms with van der Waals surface area (Å²) >= 11 is 4.55. The second-order valence-corrected chi connectivity index (χ2v) is 4.07. The third-order valence-electron chi connectivity index (χ3n) is 1.14. The van der Waals surface area contributed by atoms with Crippen molar-refractivity contribution < 1.29 is 14.7 Å². The molecular weight excluding hydrogens is 258 g/mol. The lowest BCUT2D eigenvalue weighted by Gasteiger charge is -1.97. The number of carbonyl (C=O) groups is 2. The second kappa shape index (κ2) is 4.38. The standard InChI is InChI=1S/C7H6BrNO3S/c8-4-1-6(13-3-4)9-5(10)2-7(11)12/h1,3H,2H2,(H,9,10)(H,11,12). The summed E-state index contributed by atoms with van der Waals surface area (Å²) in [5.74, 6) is -1.64. The molecule has 0 aromatic carbocycles. The number of aliphatic carboxylic acids is 1. The fourth-order valence-electron chi connectivity index (χ4n) is 0.698. The fourth-order valence-corrected chi connectivity index (χ4v) is 2.03. The zero-order valence-electron chi connectivity index (χ0n) is 6.41. The molecule has 0 aliphatic carbocycles. The number of amides is 1. The van der Waals surface area contributed by atoms with Crippen molar-refractivity contribution >= 4 is 44.1 Å². The molecule has 2 N–H and O–H groups in total. The molecule has 0 saturated heterocycles. The third-order valence-corrected chi connectivity index (χ3v) is 2.75. The molecule has 0 aliphatic heterocycles. The van der Waals surface area contributed by atoms with Gasteiger partial charge < -0.3 is 10.4 Å². The van der Waals surface area contributed by atoms with E-state index in [1.54, 1.807) is 11.4 Å². The van der Waals surface area contributed by atoms with Crippen LogP contribution in [0.3, 0.4) is 0 Å². The quantitative estimate of drug-likeness (QED) is 0.819. The fraction of sp³-hybridized carbons (Fsp3) is 0.143. The Kier molecular flexibility index (Phi) is 3.44. The molecule has 13 heavy (non-hydrogen) atoms. The Bertz CT molecular complexity index is 336. The van der Waals surface area contributed by atoms with Gasteiger partial charge in [0.25, 0.3) is 0 Å². The first-order valence-corrected chi connectivity index (χ1v) is 5.01. The predicted octanol–water partition coefficient (Wildman–Crippen LogP) is 1.92. The number of rotatable bonds is 3. The van der Waals surface area contributed by atoms with Crippen molar-refractivity contribution in [1.82, 2.24) is 0 Å². The maximum Gasteiger partial charge on any atom is 0.312 e. The van der Waals surface area contributed by atoms with Crippen molar-refractivity contribution in [3.05, 3.63) is 15.9 Å². The number of hydrogen-bond acceptors (Lipinski definition) is 3. The van der Waals surface area contributed by atoms with Crippen molar-refractivity contribution in [3.63, 3.8) is 0 Å². The van der Waals surface area contributed by atoms with E-state index in [1.807, 2.05) is 0 Å². The molecule has 1 heterocycles. The van der Waals surface area contributed by atoms with Gasteiger partial charge in [-0.1, -0.05) is 0 Å². The minimum absolute atomic E-state index is 0.504. The van der Waals surface area contributed by atoms with Crippen LogP contribution in [0.5, 0.6) is 0 Å². The normalized spacial score (nSPS) is 9.62. The van der Waals surface area contributed by atoms with Gasteiger partial charge in [0.05, 0.1) is 5.00 Å². The van der Waals surface area contributed by atoms with E-state index in [0.29, 0.717) is 5.00 Å². The molecule has 0 saturated carbocycles. The number of nitrogens with one attached hydrogen (secondary N) is 1. The van der Waals surface area contributed by atoms with Crippen LogP contribution in [0.1, 0.15) is 6.42 Å². The number of carboxylic acid groups (broad SMARTS) is 1. The minimum Gasteiger partial charge on any atom is -0.481 e. The van der Waals surface area contributed by atoms with Crippen LogP contribution in [0.25, 0.3) is 0 Å². The molecule has 0 fully saturated rings. The lowest BCUT2D eigenvalue weighted by atomic mass is 10.4. The highest BCUT2D eigenvalue weighted by Crippen LogP contribution is 2.24. The van der Waals surface area contributed by atoms with Crippen LogP contribution < -0.4 is 5.32 Å². The Hall–Kier alpha value is -0.880. The first-order valence-electron chi connectivity index (χ1n) is 3.33. The van der Waals surface area contributed by atoms with Gasteiger partial charge in [-0.3, -0.25) is 9.59 Å². The first-order chi connectivity index (χ1) is 6.08. The second-order valence-electron chi connectivity index (χ2n) is 2.25. The average Bonchev–Trinajstić information content (AvgIpc) is 2.33. The Balaban J connectivity index is 2.50. The topological polar surface area (TPSA) is 66.4 Å². The minimum atomic E-state index is -1.13. The molecule has 0 spiro atoms. The van der Waals surface area contributed by atoms with Crippen LogP contribution in [0, 0.1) is 0 Å². The van der Waals surface area contributed by atoms with Gasteiger partial charge in [-0.25, -0.2) is 0 Å². The smallest absolute Gasteiger partial charge is 0.312 e. The van der Waals surface area contributed by atoms with Crippen molar-refractivity contribution in [2.24, 2.45) is 0 Å². The van der Waals surface area contributed by atoms with E-state index >= 15 is 0 Å². The molecule has 0 atom stereocenters. The molecule has 70 valence electrons. The van der Waals surface area contributed by atoms with E-state index in [2.05, 4.69) is 21.2 Å². The van der Waals surface area contributed by atoms with Gasteiger partial charge in [-0.15, -0.1) is 11.3 Å². The van der Waals surface area contributed by atoms with Crippen molar-refractivity contribution in [1.29, 1.82) is 0 Å². The van der Waals surface area contributed by atoms with Crippen LogP contribution in [-0.4, -0.2) is 17.0 Å². The van der Waals surface area contributed by atoms with Gasteiger partial charge in [-0.2, -0.15) is 0 Å². The van der Waals surface area contributed by atoms with E-state index in [9.17, 15) is 9.59 Å². The maximum atomic E-state index is 10.9. The van der Waals surface area contributed by atoms with Crippen LogP contribution in [0.2, 0.25) is 0 Å². The van der Waals surface area contributed by atoms with E-state index in [-0.39, 0.29) is 0 Å². The van der Waals surface area contributed by atoms with E-state index < -0.39 is 18.3 Å². The zero-order valence-corrected chi connectivity index (χ0v) is 8.81. The summed E-state index contributed by atoms with van der Waals surface area (Å²) in [6.07, 6.45) is -0.504. The van der Waals surface area contributed by atoms with Crippen molar-refractivity contribution in [3.8, 4) is 0 Å². The molecular formula is C7H6BrNO3S. The largest absolute Gasteiger partial charge is 0.481 e. The SMILES string of the molecule is O=C(O)CC(=O)Nc1cc(Br)cs1. The number of carbonyl (C=O) groups excluding carboxylic acids is 1. The molecule has 1 aromatic heterocycles. The molecule has 6 heteroatoms. The lowest BCUT2D eigenvalue weighted by Crippen LogP contribution is -2.14. The summed E-state index contributed by atoms with van der Waals surface area (Å²) in [6, 6.07) is 1.71. The first kappa shape index (κ1) is 10.2. The van der Waals surface area contributed by atoms with Gasteiger partial charge in [0, 0.05) is 9.85 Å². The Morgan fingerprint density at radius 2 is 2.31 bits per heavy atom. The van der Waals surface area contributed by atoms with Crippen molar-refractivity contribution in [2.75, 3.05) is 5.32 Å². The van der Waals surface area contributed by atoms with Crippen LogP contribution in [0.15, 0.2) is 15.9 Å². The molecule has 4 nitrogen and oxygen atoms in total. The molecule has 0 radical (unpaired) electrons. The molecule has 1 amide bonds. The summed E-state index contributed by atoms with van der Waals surface area (Å²) < 4.78 is 0.864. The highest BCUT2D eigenvalue weighted by Gasteiger charge is 2.08. The molecule has 0 aliphatic rings. The van der Waals surface area contributed by atoms with Crippen LogP contribution in [0.4, 0.5) is 5.00 Å². The van der Waals surface area contributed by atoms with Crippen molar-refractivity contribution in [2.45, 2.75) is 6.42 Å². The Morgan fingerprint density at radius 1 is 1.62 bits per heavy atom. The summed E-state index contributed by atoms with van der Waals surface area (Å²) in [6.45, 7) is 0. The Labute approximate surface area is 86.7 Å². The van der Waals surface area contributed by atoms with E-state index in [1.165, 1.54) is 11.3 Å². The summed E-state index contributed by atoms with van der Waals surface area (Å²) in [7, 11) is 0. The Morgan fingerprint density at radius 3 is 2.77 bits per heavy atom. The van der Waals surface area contributed by atoms with Gasteiger partial charge in [0.15, 0.2) is 0 Å². The van der Waals surface area contributed by atoms with Crippen LogP contribution >= 0.6 is 27.3 Å². The highest BCUT2D eigenvalue weighted by molar-refractivity contribution is 9.10. The highest BCUT2D eigenvalue weighted by atomic mass is 79.9.